The van der Waals surface area contributed by atoms with Gasteiger partial charge in [0.1, 0.15) is 18.5 Å². The monoisotopic (exact) mass is 389 g/mol. The zero-order chi connectivity index (χ0) is 19.2. The zero-order valence-corrected chi connectivity index (χ0v) is 17.0. The van der Waals surface area contributed by atoms with Gasteiger partial charge in [-0.1, -0.05) is 18.6 Å². The molecule has 6 nitrogen and oxygen atoms in total. The Morgan fingerprint density at radius 2 is 1.68 bits per heavy atom. The molecule has 28 heavy (non-hydrogen) atoms. The lowest BCUT2D eigenvalue weighted by Crippen LogP contribution is -2.60. The molecule has 1 atom stereocenters. The summed E-state index contributed by atoms with van der Waals surface area (Å²) in [5, 5.41) is 10.2. The number of aliphatic hydroxyl groups excluding tert-OH is 1. The summed E-state index contributed by atoms with van der Waals surface area (Å²) >= 11 is 0. The molecule has 3 aliphatic rings. The predicted molar refractivity (Wildman–Crippen MR) is 110 cm³/mol. The molecule has 0 radical (unpaired) electrons. The third kappa shape index (κ3) is 5.67. The van der Waals surface area contributed by atoms with Crippen molar-refractivity contribution in [2.75, 3.05) is 65.6 Å². The van der Waals surface area contributed by atoms with Crippen LogP contribution in [-0.4, -0.2) is 97.6 Å². The van der Waals surface area contributed by atoms with Crippen LogP contribution in [0.3, 0.4) is 0 Å². The number of nitrogens with zero attached hydrogens (tertiary/aromatic N) is 3. The maximum absolute atomic E-state index is 10.2. The fourth-order valence-corrected chi connectivity index (χ4v) is 4.48. The Bertz CT molecular complexity index is 579. The molecule has 1 aromatic rings. The Kier molecular flexibility index (Phi) is 7.20. The van der Waals surface area contributed by atoms with Crippen molar-refractivity contribution in [3.05, 3.63) is 29.8 Å². The molecule has 3 aliphatic heterocycles. The lowest BCUT2D eigenvalue weighted by Gasteiger charge is -2.46. The first-order valence-corrected chi connectivity index (χ1v) is 10.9. The number of rotatable bonds is 8. The molecule has 3 heterocycles. The second kappa shape index (κ2) is 10.0. The standard InChI is InChI=1S/C22H35N3O3/c26-21(17-23-8-2-1-3-9-23)18-28-22-6-4-19(5-7-22)14-24-15-20(16-24)25-10-12-27-13-11-25/h4-7,20-21,26H,1-3,8-18H2/t21-/m0/s1. The van der Waals surface area contributed by atoms with Crippen molar-refractivity contribution < 1.29 is 14.6 Å². The van der Waals surface area contributed by atoms with E-state index >= 15 is 0 Å². The van der Waals surface area contributed by atoms with Crippen LogP contribution in [0.15, 0.2) is 24.3 Å². The minimum absolute atomic E-state index is 0.364. The molecule has 0 bridgehead atoms. The third-order valence-corrected chi connectivity index (χ3v) is 6.19. The summed E-state index contributed by atoms with van der Waals surface area (Å²) in [5.74, 6) is 0.844. The van der Waals surface area contributed by atoms with Crippen molar-refractivity contribution in [1.82, 2.24) is 14.7 Å². The number of piperidine rings is 1. The van der Waals surface area contributed by atoms with Crippen LogP contribution >= 0.6 is 0 Å². The van der Waals surface area contributed by atoms with Gasteiger partial charge in [0.2, 0.25) is 0 Å². The normalized spacial score (nSPS) is 24.0. The maximum atomic E-state index is 10.2. The fraction of sp³-hybridized carbons (Fsp3) is 0.727. The van der Waals surface area contributed by atoms with Crippen LogP contribution in [0.5, 0.6) is 5.75 Å². The second-order valence-electron chi connectivity index (χ2n) is 8.47. The van der Waals surface area contributed by atoms with Crippen molar-refractivity contribution in [3.63, 3.8) is 0 Å². The predicted octanol–water partition coefficient (Wildman–Crippen LogP) is 1.43. The number of hydrogen-bond acceptors (Lipinski definition) is 6. The number of hydrogen-bond donors (Lipinski definition) is 1. The number of aliphatic hydroxyl groups is 1. The van der Waals surface area contributed by atoms with E-state index in [0.717, 1.165) is 71.3 Å². The van der Waals surface area contributed by atoms with Crippen molar-refractivity contribution >= 4 is 0 Å². The molecule has 0 amide bonds. The molecule has 0 aromatic heterocycles. The summed E-state index contributed by atoms with van der Waals surface area (Å²) in [6.45, 7) is 10.5. The molecule has 3 fully saturated rings. The summed E-state index contributed by atoms with van der Waals surface area (Å²) in [6, 6.07) is 9.06. The molecule has 6 heteroatoms. The van der Waals surface area contributed by atoms with Gasteiger partial charge >= 0.3 is 0 Å². The van der Waals surface area contributed by atoms with Gasteiger partial charge in [0.25, 0.3) is 0 Å². The number of morpholine rings is 1. The van der Waals surface area contributed by atoms with Gasteiger partial charge in [-0.2, -0.15) is 0 Å². The van der Waals surface area contributed by atoms with Crippen LogP contribution in [-0.2, 0) is 11.3 Å². The highest BCUT2D eigenvalue weighted by Crippen LogP contribution is 2.20. The van der Waals surface area contributed by atoms with Crippen LogP contribution < -0.4 is 4.74 Å². The molecule has 4 rings (SSSR count). The van der Waals surface area contributed by atoms with Crippen molar-refractivity contribution in [2.45, 2.75) is 38.0 Å². The number of likely N-dealkylation sites (tertiary alicyclic amines) is 2. The summed E-state index contributed by atoms with van der Waals surface area (Å²) in [6.07, 6.45) is 3.40. The first-order chi connectivity index (χ1) is 13.8. The minimum atomic E-state index is -0.420. The highest BCUT2D eigenvalue weighted by atomic mass is 16.5. The van der Waals surface area contributed by atoms with Crippen molar-refractivity contribution in [3.8, 4) is 5.75 Å². The second-order valence-corrected chi connectivity index (χ2v) is 8.47. The van der Waals surface area contributed by atoms with Gasteiger partial charge in [0.05, 0.1) is 13.2 Å². The highest BCUT2D eigenvalue weighted by Gasteiger charge is 2.32. The number of β-amino-alcohol motifs (C(OH)–C–C–N with tert-alkyl or cyclic N) is 1. The summed E-state index contributed by atoms with van der Waals surface area (Å²) < 4.78 is 11.2. The molecule has 0 unspecified atom stereocenters. The molecule has 0 saturated carbocycles. The van der Waals surface area contributed by atoms with E-state index in [-0.39, 0.29) is 0 Å². The summed E-state index contributed by atoms with van der Waals surface area (Å²) in [7, 11) is 0. The van der Waals surface area contributed by atoms with Crippen LogP contribution in [0.2, 0.25) is 0 Å². The van der Waals surface area contributed by atoms with Crippen LogP contribution in [0.4, 0.5) is 0 Å². The molecule has 156 valence electrons. The highest BCUT2D eigenvalue weighted by molar-refractivity contribution is 5.27. The lowest BCUT2D eigenvalue weighted by atomic mass is 10.0. The summed E-state index contributed by atoms with van der Waals surface area (Å²) in [5.41, 5.74) is 1.32. The van der Waals surface area contributed by atoms with Crippen LogP contribution in [0.1, 0.15) is 24.8 Å². The van der Waals surface area contributed by atoms with Crippen molar-refractivity contribution in [1.29, 1.82) is 0 Å². The smallest absolute Gasteiger partial charge is 0.119 e. The Balaban J connectivity index is 1.14. The third-order valence-electron chi connectivity index (χ3n) is 6.19. The Labute approximate surface area is 169 Å². The molecular formula is C22H35N3O3. The maximum Gasteiger partial charge on any atom is 0.119 e. The van der Waals surface area contributed by atoms with Crippen LogP contribution in [0.25, 0.3) is 0 Å². The molecular weight excluding hydrogens is 354 g/mol. The Hall–Kier alpha value is -1.18. The molecule has 0 spiro atoms. The van der Waals surface area contributed by atoms with Crippen molar-refractivity contribution in [2.24, 2.45) is 0 Å². The van der Waals surface area contributed by atoms with Gasteiger partial charge in [-0.05, 0) is 43.6 Å². The van der Waals surface area contributed by atoms with Crippen LogP contribution in [0, 0.1) is 0 Å². The largest absolute Gasteiger partial charge is 0.491 e. The fourth-order valence-electron chi connectivity index (χ4n) is 4.48. The summed E-state index contributed by atoms with van der Waals surface area (Å²) in [4.78, 5) is 7.41. The van der Waals surface area contributed by atoms with E-state index in [0.29, 0.717) is 12.6 Å². The minimum Gasteiger partial charge on any atom is -0.491 e. The van der Waals surface area contributed by atoms with Gasteiger partial charge in [-0.3, -0.25) is 9.80 Å². The van der Waals surface area contributed by atoms with Gasteiger partial charge in [0, 0.05) is 45.3 Å². The number of ether oxygens (including phenoxy) is 2. The first kappa shape index (κ1) is 20.1. The average Bonchev–Trinajstić information content (AvgIpc) is 2.71. The van der Waals surface area contributed by atoms with Gasteiger partial charge in [0.15, 0.2) is 0 Å². The molecule has 0 aliphatic carbocycles. The van der Waals surface area contributed by atoms with E-state index in [4.69, 9.17) is 9.47 Å². The quantitative estimate of drug-likeness (QED) is 0.726. The molecule has 1 N–H and O–H groups in total. The van der Waals surface area contributed by atoms with E-state index in [1.807, 2.05) is 12.1 Å². The van der Waals surface area contributed by atoms with E-state index < -0.39 is 6.10 Å². The van der Waals surface area contributed by atoms with E-state index in [9.17, 15) is 5.11 Å². The molecule has 3 saturated heterocycles. The topological polar surface area (TPSA) is 48.4 Å². The van der Waals surface area contributed by atoms with Gasteiger partial charge < -0.3 is 19.5 Å². The van der Waals surface area contributed by atoms with Gasteiger partial charge in [-0.15, -0.1) is 0 Å². The molecule has 1 aromatic carbocycles. The zero-order valence-electron chi connectivity index (χ0n) is 17.0. The SMILES string of the molecule is O[C@H](COc1ccc(CN2CC(N3CCOCC3)C2)cc1)CN1CCCCC1. The van der Waals surface area contributed by atoms with E-state index in [1.54, 1.807) is 0 Å². The Morgan fingerprint density at radius 3 is 2.39 bits per heavy atom. The van der Waals surface area contributed by atoms with Gasteiger partial charge in [-0.25, -0.2) is 0 Å². The lowest BCUT2D eigenvalue weighted by molar-refractivity contribution is -0.0344. The average molecular weight is 390 g/mol. The van der Waals surface area contributed by atoms with E-state index in [1.165, 1.54) is 24.8 Å². The van der Waals surface area contributed by atoms with E-state index in [2.05, 4.69) is 26.8 Å². The first-order valence-electron chi connectivity index (χ1n) is 10.9. The number of benzene rings is 1. The Morgan fingerprint density at radius 1 is 0.964 bits per heavy atom.